The molecule has 0 atom stereocenters. The number of carbonyl (C=O) groups is 1. The van der Waals surface area contributed by atoms with E-state index in [2.05, 4.69) is 4.90 Å². The first-order chi connectivity index (χ1) is 9.49. The minimum Gasteiger partial charge on any atom is -0.389 e. The molecule has 0 spiro atoms. The van der Waals surface area contributed by atoms with E-state index in [0.717, 1.165) is 37.3 Å². The lowest BCUT2D eigenvalue weighted by molar-refractivity contribution is -0.128. The molecule has 0 bridgehead atoms. The Bertz CT molecular complexity index is 535. The van der Waals surface area contributed by atoms with Crippen LogP contribution in [-0.2, 0) is 4.79 Å². The second-order valence-electron chi connectivity index (χ2n) is 4.87. The maximum absolute atomic E-state index is 11.5. The number of anilines is 1. The summed E-state index contributed by atoms with van der Waals surface area (Å²) in [4.78, 5) is 15.9. The van der Waals surface area contributed by atoms with Gasteiger partial charge in [-0.15, -0.1) is 0 Å². The van der Waals surface area contributed by atoms with Crippen LogP contribution in [0.5, 0.6) is 0 Å². The molecule has 4 nitrogen and oxygen atoms in total. The van der Waals surface area contributed by atoms with Crippen molar-refractivity contribution in [2.75, 3.05) is 31.1 Å². The van der Waals surface area contributed by atoms with Gasteiger partial charge in [-0.25, -0.2) is 0 Å². The SMILES string of the molecule is CC(=O)N1CCCN(c2cc(Cl)ccc2C(N)=S)CC1. The molecule has 1 saturated heterocycles. The van der Waals surface area contributed by atoms with Gasteiger partial charge in [0.2, 0.25) is 5.91 Å². The number of amides is 1. The van der Waals surface area contributed by atoms with Crippen LogP contribution in [0.4, 0.5) is 5.69 Å². The van der Waals surface area contributed by atoms with Crippen LogP contribution in [0.25, 0.3) is 0 Å². The molecule has 2 N–H and O–H groups in total. The van der Waals surface area contributed by atoms with Gasteiger partial charge in [0.25, 0.3) is 0 Å². The average molecular weight is 312 g/mol. The number of thiocarbonyl (C=S) groups is 1. The van der Waals surface area contributed by atoms with Crippen molar-refractivity contribution >= 4 is 40.4 Å². The molecule has 108 valence electrons. The summed E-state index contributed by atoms with van der Waals surface area (Å²) in [6.07, 6.45) is 0.920. The van der Waals surface area contributed by atoms with Gasteiger partial charge in [-0.3, -0.25) is 4.79 Å². The van der Waals surface area contributed by atoms with E-state index in [0.29, 0.717) is 16.6 Å². The van der Waals surface area contributed by atoms with E-state index in [1.807, 2.05) is 17.0 Å². The van der Waals surface area contributed by atoms with Crippen molar-refractivity contribution in [3.8, 4) is 0 Å². The maximum atomic E-state index is 11.5. The molecule has 1 aromatic rings. The summed E-state index contributed by atoms with van der Waals surface area (Å²) < 4.78 is 0. The molecule has 1 fully saturated rings. The fourth-order valence-electron chi connectivity index (χ4n) is 2.45. The van der Waals surface area contributed by atoms with E-state index in [4.69, 9.17) is 29.6 Å². The number of carbonyl (C=O) groups excluding carboxylic acids is 1. The zero-order chi connectivity index (χ0) is 14.7. The van der Waals surface area contributed by atoms with Crippen LogP contribution in [0.15, 0.2) is 18.2 Å². The van der Waals surface area contributed by atoms with E-state index in [9.17, 15) is 4.79 Å². The third kappa shape index (κ3) is 3.41. The standard InChI is InChI=1S/C14H18ClN3OS/c1-10(19)17-5-2-6-18(8-7-17)13-9-11(15)3-4-12(13)14(16)20/h3-4,9H,2,5-8H2,1H3,(H2,16,20). The Morgan fingerprint density at radius 1 is 1.30 bits per heavy atom. The molecule has 0 unspecified atom stereocenters. The zero-order valence-electron chi connectivity index (χ0n) is 11.4. The van der Waals surface area contributed by atoms with Gasteiger partial charge in [-0.05, 0) is 24.6 Å². The molecule has 2 rings (SSSR count). The van der Waals surface area contributed by atoms with Gasteiger partial charge in [0.05, 0.1) is 0 Å². The Morgan fingerprint density at radius 2 is 2.05 bits per heavy atom. The molecule has 0 aromatic heterocycles. The summed E-state index contributed by atoms with van der Waals surface area (Å²) in [6.45, 7) is 4.72. The number of rotatable bonds is 2. The quantitative estimate of drug-likeness (QED) is 0.849. The van der Waals surface area contributed by atoms with Gasteiger partial charge in [0.1, 0.15) is 4.99 Å². The molecule has 1 aliphatic rings. The third-order valence-electron chi connectivity index (χ3n) is 3.51. The smallest absolute Gasteiger partial charge is 0.219 e. The molecule has 1 aromatic carbocycles. The van der Waals surface area contributed by atoms with Crippen molar-refractivity contribution in [1.29, 1.82) is 0 Å². The van der Waals surface area contributed by atoms with E-state index < -0.39 is 0 Å². The van der Waals surface area contributed by atoms with Crippen molar-refractivity contribution in [2.45, 2.75) is 13.3 Å². The Labute approximate surface area is 129 Å². The number of hydrogen-bond donors (Lipinski definition) is 1. The minimum absolute atomic E-state index is 0.118. The number of benzene rings is 1. The van der Waals surface area contributed by atoms with Gasteiger partial charge in [0.15, 0.2) is 0 Å². The first-order valence-corrected chi connectivity index (χ1v) is 7.37. The minimum atomic E-state index is 0.118. The normalized spacial score (nSPS) is 15.9. The lowest BCUT2D eigenvalue weighted by atomic mass is 10.1. The molecule has 0 aliphatic carbocycles. The lowest BCUT2D eigenvalue weighted by Gasteiger charge is -2.25. The summed E-state index contributed by atoms with van der Waals surface area (Å²) in [7, 11) is 0. The predicted octanol–water partition coefficient (Wildman–Crippen LogP) is 2.03. The van der Waals surface area contributed by atoms with E-state index in [1.165, 1.54) is 0 Å². The topological polar surface area (TPSA) is 49.6 Å². The zero-order valence-corrected chi connectivity index (χ0v) is 13.0. The van der Waals surface area contributed by atoms with Gasteiger partial charge >= 0.3 is 0 Å². The van der Waals surface area contributed by atoms with Gasteiger partial charge in [-0.2, -0.15) is 0 Å². The molecular weight excluding hydrogens is 294 g/mol. The molecule has 0 radical (unpaired) electrons. The molecule has 1 aliphatic heterocycles. The van der Waals surface area contributed by atoms with Crippen LogP contribution in [-0.4, -0.2) is 42.0 Å². The van der Waals surface area contributed by atoms with Crippen molar-refractivity contribution < 1.29 is 4.79 Å². The summed E-state index contributed by atoms with van der Waals surface area (Å²) in [5, 5.41) is 0.660. The molecule has 1 amide bonds. The third-order valence-corrected chi connectivity index (χ3v) is 3.96. The van der Waals surface area contributed by atoms with E-state index in [-0.39, 0.29) is 5.91 Å². The van der Waals surface area contributed by atoms with Crippen molar-refractivity contribution in [3.63, 3.8) is 0 Å². The average Bonchev–Trinajstić information content (AvgIpc) is 2.63. The number of nitrogens with two attached hydrogens (primary N) is 1. The summed E-state index contributed by atoms with van der Waals surface area (Å²) in [5.41, 5.74) is 7.57. The molecule has 0 saturated carbocycles. The second-order valence-corrected chi connectivity index (χ2v) is 5.75. The molecular formula is C14H18ClN3OS. The van der Waals surface area contributed by atoms with Crippen molar-refractivity contribution in [2.24, 2.45) is 5.73 Å². The lowest BCUT2D eigenvalue weighted by Crippen LogP contribution is -2.34. The first kappa shape index (κ1) is 15.1. The Hall–Kier alpha value is -1.33. The molecule has 6 heteroatoms. The highest BCUT2D eigenvalue weighted by atomic mass is 35.5. The van der Waals surface area contributed by atoms with Crippen LogP contribution >= 0.6 is 23.8 Å². The predicted molar refractivity (Wildman–Crippen MR) is 86.4 cm³/mol. The van der Waals surface area contributed by atoms with Crippen molar-refractivity contribution in [3.05, 3.63) is 28.8 Å². The maximum Gasteiger partial charge on any atom is 0.219 e. The highest BCUT2D eigenvalue weighted by Gasteiger charge is 2.19. The van der Waals surface area contributed by atoms with Crippen LogP contribution < -0.4 is 10.6 Å². The first-order valence-electron chi connectivity index (χ1n) is 6.59. The molecule has 20 heavy (non-hydrogen) atoms. The highest BCUT2D eigenvalue weighted by Crippen LogP contribution is 2.26. The summed E-state index contributed by atoms with van der Waals surface area (Å²) in [5.74, 6) is 0.118. The Balaban J connectivity index is 2.25. The second kappa shape index (κ2) is 6.41. The Kier molecular flexibility index (Phi) is 4.83. The van der Waals surface area contributed by atoms with E-state index >= 15 is 0 Å². The van der Waals surface area contributed by atoms with Crippen LogP contribution in [0.2, 0.25) is 5.02 Å². The van der Waals surface area contributed by atoms with E-state index in [1.54, 1.807) is 13.0 Å². The fourth-order valence-corrected chi connectivity index (χ4v) is 2.79. The largest absolute Gasteiger partial charge is 0.389 e. The van der Waals surface area contributed by atoms with Crippen LogP contribution in [0.3, 0.4) is 0 Å². The number of nitrogens with zero attached hydrogens (tertiary/aromatic N) is 2. The molecule has 1 heterocycles. The van der Waals surface area contributed by atoms with Gasteiger partial charge in [-0.1, -0.05) is 23.8 Å². The van der Waals surface area contributed by atoms with Gasteiger partial charge < -0.3 is 15.5 Å². The number of hydrogen-bond acceptors (Lipinski definition) is 3. The highest BCUT2D eigenvalue weighted by molar-refractivity contribution is 7.80. The summed E-state index contributed by atoms with van der Waals surface area (Å²) in [6, 6.07) is 5.53. The fraction of sp³-hybridized carbons (Fsp3) is 0.429. The van der Waals surface area contributed by atoms with Crippen LogP contribution in [0.1, 0.15) is 18.9 Å². The number of halogens is 1. The monoisotopic (exact) mass is 311 g/mol. The van der Waals surface area contributed by atoms with Crippen LogP contribution in [0, 0.1) is 0 Å². The Morgan fingerprint density at radius 3 is 2.70 bits per heavy atom. The summed E-state index contributed by atoms with van der Waals surface area (Å²) >= 11 is 11.2. The van der Waals surface area contributed by atoms with Crippen molar-refractivity contribution in [1.82, 2.24) is 4.90 Å². The van der Waals surface area contributed by atoms with Gasteiger partial charge in [0, 0.05) is 49.4 Å².